The van der Waals surface area contributed by atoms with E-state index in [2.05, 4.69) is 48.7 Å². The summed E-state index contributed by atoms with van der Waals surface area (Å²) in [4.78, 5) is 0. The Morgan fingerprint density at radius 2 is 2.15 bits per heavy atom. The van der Waals surface area contributed by atoms with Crippen molar-refractivity contribution in [1.82, 2.24) is 9.78 Å². The van der Waals surface area contributed by atoms with Gasteiger partial charge in [-0.3, -0.25) is 4.68 Å². The van der Waals surface area contributed by atoms with Crippen LogP contribution in [-0.4, -0.2) is 14.9 Å². The highest BCUT2D eigenvalue weighted by molar-refractivity contribution is 9.10. The van der Waals surface area contributed by atoms with Crippen LogP contribution in [0, 0.1) is 11.3 Å². The van der Waals surface area contributed by atoms with Gasteiger partial charge in [-0.1, -0.05) is 40.5 Å². The Kier molecular flexibility index (Phi) is 4.65. The Morgan fingerprint density at radius 1 is 1.45 bits per heavy atom. The van der Waals surface area contributed by atoms with Gasteiger partial charge in [0.2, 0.25) is 0 Å². The van der Waals surface area contributed by atoms with E-state index in [4.69, 9.17) is 0 Å². The fourth-order valence-corrected chi connectivity index (χ4v) is 4.40. The second-order valence-electron chi connectivity index (χ2n) is 7.15. The molecule has 2 rings (SSSR count). The van der Waals surface area contributed by atoms with Gasteiger partial charge in [0.15, 0.2) is 0 Å². The van der Waals surface area contributed by atoms with Crippen molar-refractivity contribution in [3.05, 3.63) is 16.4 Å². The average molecular weight is 343 g/mol. The molecular weight excluding hydrogens is 316 g/mol. The molecule has 0 spiro atoms. The Labute approximate surface area is 130 Å². The maximum Gasteiger partial charge on any atom is 0.111 e. The molecule has 0 amide bonds. The minimum Gasteiger partial charge on any atom is -0.383 e. The molecule has 0 radical (unpaired) electrons. The molecule has 1 N–H and O–H groups in total. The van der Waals surface area contributed by atoms with Gasteiger partial charge in [0.25, 0.3) is 0 Å². The normalized spacial score (nSPS) is 27.8. The maximum absolute atomic E-state index is 11.5. The number of aromatic nitrogens is 2. The van der Waals surface area contributed by atoms with Crippen LogP contribution in [-0.2, 0) is 12.1 Å². The average Bonchev–Trinajstić information content (AvgIpc) is 2.70. The third kappa shape index (κ3) is 2.82. The molecule has 1 aliphatic carbocycles. The van der Waals surface area contributed by atoms with Crippen molar-refractivity contribution < 1.29 is 5.11 Å². The van der Waals surface area contributed by atoms with E-state index in [0.717, 1.165) is 42.4 Å². The number of nitrogens with zero attached hydrogens (tertiary/aromatic N) is 2. The lowest BCUT2D eigenvalue weighted by Crippen LogP contribution is -2.46. The number of halogens is 1. The zero-order valence-corrected chi connectivity index (χ0v) is 14.7. The first-order valence-electron chi connectivity index (χ1n) is 7.75. The first-order valence-corrected chi connectivity index (χ1v) is 8.54. The highest BCUT2D eigenvalue weighted by Gasteiger charge is 2.48. The fraction of sp³-hybridized carbons (Fsp3) is 0.812. The van der Waals surface area contributed by atoms with Crippen LogP contribution in [0.3, 0.4) is 0 Å². The summed E-state index contributed by atoms with van der Waals surface area (Å²) in [5.41, 5.74) is 0.315. The predicted molar refractivity (Wildman–Crippen MR) is 85.5 cm³/mol. The highest BCUT2D eigenvalue weighted by Crippen LogP contribution is 2.51. The van der Waals surface area contributed by atoms with Crippen LogP contribution in [0.4, 0.5) is 0 Å². The zero-order valence-electron chi connectivity index (χ0n) is 13.1. The predicted octanol–water partition coefficient (Wildman–Crippen LogP) is 4.48. The standard InChI is InChI=1S/C16H27BrN2O/c1-5-10-19-14(12(17)11-18-19)16(20)9-7-6-8-13(16)15(2,3)4/h11,13,20H,5-10H2,1-4H3. The summed E-state index contributed by atoms with van der Waals surface area (Å²) in [5.74, 6) is 0.271. The molecule has 0 saturated heterocycles. The fourth-order valence-electron chi connectivity index (χ4n) is 3.76. The Hall–Kier alpha value is -0.350. The lowest BCUT2D eigenvalue weighted by molar-refractivity contribution is -0.102. The van der Waals surface area contributed by atoms with Gasteiger partial charge >= 0.3 is 0 Å². The first kappa shape index (κ1) is 16.0. The summed E-state index contributed by atoms with van der Waals surface area (Å²) < 4.78 is 2.94. The molecule has 1 aromatic rings. The molecule has 0 bridgehead atoms. The molecule has 20 heavy (non-hydrogen) atoms. The molecule has 1 aromatic heterocycles. The van der Waals surface area contributed by atoms with Crippen LogP contribution in [0.25, 0.3) is 0 Å². The van der Waals surface area contributed by atoms with E-state index in [1.165, 1.54) is 6.42 Å². The molecule has 1 saturated carbocycles. The summed E-state index contributed by atoms with van der Waals surface area (Å²) in [6.07, 6.45) is 7.08. The molecular formula is C16H27BrN2O. The van der Waals surface area contributed by atoms with Crippen LogP contribution in [0.15, 0.2) is 10.7 Å². The van der Waals surface area contributed by atoms with Crippen molar-refractivity contribution in [3.8, 4) is 0 Å². The molecule has 1 heterocycles. The second kappa shape index (κ2) is 5.80. The Balaban J connectivity index is 2.48. The molecule has 1 fully saturated rings. The summed E-state index contributed by atoms with van der Waals surface area (Å²) >= 11 is 3.61. The van der Waals surface area contributed by atoms with E-state index in [1.54, 1.807) is 0 Å². The van der Waals surface area contributed by atoms with E-state index in [1.807, 2.05) is 10.9 Å². The van der Waals surface area contributed by atoms with Gasteiger partial charge in [-0.25, -0.2) is 0 Å². The number of hydrogen-bond acceptors (Lipinski definition) is 2. The molecule has 2 atom stereocenters. The van der Waals surface area contributed by atoms with Crippen molar-refractivity contribution in [2.24, 2.45) is 11.3 Å². The van der Waals surface area contributed by atoms with E-state index in [9.17, 15) is 5.11 Å². The van der Waals surface area contributed by atoms with E-state index in [-0.39, 0.29) is 11.3 Å². The maximum atomic E-state index is 11.5. The third-order valence-electron chi connectivity index (χ3n) is 4.56. The minimum atomic E-state index is -0.763. The zero-order chi connectivity index (χ0) is 15.0. The summed E-state index contributed by atoms with van der Waals surface area (Å²) in [6.45, 7) is 9.72. The van der Waals surface area contributed by atoms with Crippen LogP contribution in [0.1, 0.15) is 65.5 Å². The smallest absolute Gasteiger partial charge is 0.111 e. The lowest BCUT2D eigenvalue weighted by atomic mass is 9.62. The van der Waals surface area contributed by atoms with Crippen molar-refractivity contribution in [2.45, 2.75) is 71.9 Å². The number of aryl methyl sites for hydroxylation is 1. The highest BCUT2D eigenvalue weighted by atomic mass is 79.9. The van der Waals surface area contributed by atoms with Crippen LogP contribution in [0.2, 0.25) is 0 Å². The van der Waals surface area contributed by atoms with E-state index >= 15 is 0 Å². The molecule has 2 unspecified atom stereocenters. The monoisotopic (exact) mass is 342 g/mol. The molecule has 0 aromatic carbocycles. The van der Waals surface area contributed by atoms with Crippen molar-refractivity contribution in [2.75, 3.05) is 0 Å². The molecule has 114 valence electrons. The van der Waals surface area contributed by atoms with Crippen molar-refractivity contribution in [3.63, 3.8) is 0 Å². The van der Waals surface area contributed by atoms with Gasteiger partial charge in [-0.05, 0) is 46.5 Å². The third-order valence-corrected chi connectivity index (χ3v) is 5.14. The van der Waals surface area contributed by atoms with Crippen LogP contribution < -0.4 is 0 Å². The molecule has 0 aliphatic heterocycles. The quantitative estimate of drug-likeness (QED) is 0.879. The SMILES string of the molecule is CCCn1ncc(Br)c1C1(O)CCCCC1C(C)(C)C. The number of aliphatic hydroxyl groups is 1. The Bertz CT molecular complexity index is 464. The number of rotatable bonds is 3. The molecule has 1 aliphatic rings. The van der Waals surface area contributed by atoms with Crippen molar-refractivity contribution in [1.29, 1.82) is 0 Å². The molecule has 3 nitrogen and oxygen atoms in total. The Morgan fingerprint density at radius 3 is 2.75 bits per heavy atom. The van der Waals surface area contributed by atoms with Crippen molar-refractivity contribution >= 4 is 15.9 Å². The lowest BCUT2D eigenvalue weighted by Gasteiger charge is -2.47. The minimum absolute atomic E-state index is 0.0932. The van der Waals surface area contributed by atoms with E-state index < -0.39 is 5.60 Å². The van der Waals surface area contributed by atoms with Gasteiger partial charge in [-0.2, -0.15) is 5.10 Å². The molecule has 4 heteroatoms. The largest absolute Gasteiger partial charge is 0.383 e. The topological polar surface area (TPSA) is 38.0 Å². The summed E-state index contributed by atoms with van der Waals surface area (Å²) in [5, 5.41) is 16.0. The second-order valence-corrected chi connectivity index (χ2v) is 8.01. The van der Waals surface area contributed by atoms with Crippen LogP contribution >= 0.6 is 15.9 Å². The van der Waals surface area contributed by atoms with Gasteiger partial charge < -0.3 is 5.11 Å². The first-order chi connectivity index (χ1) is 9.30. The summed E-state index contributed by atoms with van der Waals surface area (Å²) in [7, 11) is 0. The van der Waals surface area contributed by atoms with Gasteiger partial charge in [0.1, 0.15) is 5.60 Å². The van der Waals surface area contributed by atoms with Gasteiger partial charge in [0.05, 0.1) is 16.4 Å². The van der Waals surface area contributed by atoms with Gasteiger partial charge in [0, 0.05) is 6.54 Å². The number of hydrogen-bond donors (Lipinski definition) is 1. The van der Waals surface area contributed by atoms with Crippen LogP contribution in [0.5, 0.6) is 0 Å². The van der Waals surface area contributed by atoms with E-state index in [0.29, 0.717) is 0 Å². The summed E-state index contributed by atoms with van der Waals surface area (Å²) in [6, 6.07) is 0. The van der Waals surface area contributed by atoms with Gasteiger partial charge in [-0.15, -0.1) is 0 Å².